The second-order valence-electron chi connectivity index (χ2n) is 8.97. The molecular weight excluding hydrogens is 524 g/mol. The molecule has 0 aromatic heterocycles. The molecule has 0 aliphatic heterocycles. The molecule has 5 nitrogen and oxygen atoms in total. The highest BCUT2D eigenvalue weighted by atomic mass is 35.5. The van der Waals surface area contributed by atoms with E-state index >= 15 is 0 Å². The van der Waals surface area contributed by atoms with Crippen LogP contribution in [0, 0.1) is 12.7 Å². The molecule has 3 aromatic carbocycles. The second-order valence-corrected chi connectivity index (χ2v) is 9.38. The van der Waals surface area contributed by atoms with E-state index in [4.69, 9.17) is 11.6 Å². The highest BCUT2D eigenvalue weighted by Gasteiger charge is 2.39. The lowest BCUT2D eigenvalue weighted by molar-refractivity contribution is -0.141. The van der Waals surface area contributed by atoms with Gasteiger partial charge in [-0.05, 0) is 61.2 Å². The minimum absolute atomic E-state index is 0.0808. The van der Waals surface area contributed by atoms with Crippen LogP contribution in [-0.4, -0.2) is 35.0 Å². The number of rotatable bonds is 8. The summed E-state index contributed by atoms with van der Waals surface area (Å²) in [6, 6.07) is 10.6. The van der Waals surface area contributed by atoms with Crippen molar-refractivity contribution in [1.29, 1.82) is 0 Å². The van der Waals surface area contributed by atoms with Gasteiger partial charge in [0.05, 0.1) is 17.2 Å². The van der Waals surface area contributed by atoms with E-state index in [1.807, 2.05) is 6.92 Å². The fraction of sp³-hybridized carbons (Fsp3) is 0.286. The number of benzene rings is 3. The first-order valence-electron chi connectivity index (χ1n) is 11.8. The van der Waals surface area contributed by atoms with Gasteiger partial charge in [0.15, 0.2) is 0 Å². The van der Waals surface area contributed by atoms with Crippen molar-refractivity contribution in [2.24, 2.45) is 0 Å². The van der Waals surface area contributed by atoms with Crippen molar-refractivity contribution >= 4 is 29.2 Å². The number of aryl methyl sites for hydroxylation is 1. The molecule has 2 unspecified atom stereocenters. The number of nitrogens with zero attached hydrogens (tertiary/aromatic N) is 1. The van der Waals surface area contributed by atoms with Gasteiger partial charge in [-0.1, -0.05) is 48.9 Å². The van der Waals surface area contributed by atoms with Gasteiger partial charge in [-0.2, -0.15) is 13.2 Å². The smallest absolute Gasteiger partial charge is 0.417 e. The Bertz CT molecular complexity index is 1360. The van der Waals surface area contributed by atoms with Crippen molar-refractivity contribution in [3.05, 3.63) is 87.7 Å². The Labute approximate surface area is 223 Å². The van der Waals surface area contributed by atoms with Crippen LogP contribution in [0.4, 0.5) is 23.2 Å². The van der Waals surface area contributed by atoms with Crippen LogP contribution in [0.5, 0.6) is 0 Å². The second kappa shape index (κ2) is 11.4. The summed E-state index contributed by atoms with van der Waals surface area (Å²) in [4.78, 5) is 25.7. The number of carboxylic acids is 1. The van der Waals surface area contributed by atoms with Crippen LogP contribution >= 0.6 is 11.6 Å². The molecule has 202 valence electrons. The number of carbonyl (C=O) groups excluding carboxylic acids is 1. The number of likely N-dealkylation sites (N-methyl/N-ethyl adjacent to an activating group) is 1. The van der Waals surface area contributed by atoms with Crippen LogP contribution in [0.2, 0.25) is 5.02 Å². The zero-order valence-corrected chi connectivity index (χ0v) is 21.9. The number of hydrogen-bond acceptors (Lipinski definition) is 3. The van der Waals surface area contributed by atoms with Gasteiger partial charge in [0.25, 0.3) is 5.91 Å². The Hall–Kier alpha value is -3.59. The van der Waals surface area contributed by atoms with E-state index in [1.54, 1.807) is 25.1 Å². The number of alkyl halides is 3. The maximum absolute atomic E-state index is 14.6. The van der Waals surface area contributed by atoms with Crippen LogP contribution in [0.25, 0.3) is 11.1 Å². The van der Waals surface area contributed by atoms with Gasteiger partial charge in [-0.3, -0.25) is 4.79 Å². The van der Waals surface area contributed by atoms with Gasteiger partial charge >= 0.3 is 12.1 Å². The van der Waals surface area contributed by atoms with Crippen molar-refractivity contribution in [3.63, 3.8) is 0 Å². The molecule has 0 aliphatic rings. The summed E-state index contributed by atoms with van der Waals surface area (Å²) in [5.41, 5.74) is -0.966. The van der Waals surface area contributed by atoms with Crippen molar-refractivity contribution < 1.29 is 32.3 Å². The molecule has 0 heterocycles. The minimum atomic E-state index is -5.01. The summed E-state index contributed by atoms with van der Waals surface area (Å²) in [6.07, 6.45) is -4.59. The first kappa shape index (κ1) is 29.0. The number of aliphatic carboxylic acids is 1. The largest absolute Gasteiger partial charge is 0.480 e. The standard InChI is InChI=1S/C28H27ClF4N2O3/c1-5-23(17-10-11-21(29)15(2)12-17)34-24-14-18(19-8-6-7-9-22(19)30)13-20(28(31,32)33)25(24)26(36)35(4)16(3)27(37)38/h6-14,16,23,34H,5H2,1-4H3,(H,37,38). The highest BCUT2D eigenvalue weighted by molar-refractivity contribution is 6.31. The number of halogens is 5. The van der Waals surface area contributed by atoms with Crippen LogP contribution in [0.1, 0.15) is 53.4 Å². The number of nitrogens with one attached hydrogen (secondary N) is 1. The zero-order chi connectivity index (χ0) is 28.4. The first-order chi connectivity index (χ1) is 17.8. The average Bonchev–Trinajstić information content (AvgIpc) is 2.86. The molecule has 2 atom stereocenters. The summed E-state index contributed by atoms with van der Waals surface area (Å²) < 4.78 is 57.9. The third-order valence-corrected chi connectivity index (χ3v) is 6.85. The minimum Gasteiger partial charge on any atom is -0.480 e. The zero-order valence-electron chi connectivity index (χ0n) is 21.2. The van der Waals surface area contributed by atoms with E-state index in [0.717, 1.165) is 23.6 Å². The summed E-state index contributed by atoms with van der Waals surface area (Å²) >= 11 is 6.14. The number of hydrogen-bond donors (Lipinski definition) is 2. The Morgan fingerprint density at radius 2 is 1.76 bits per heavy atom. The number of carbonyl (C=O) groups is 2. The molecule has 0 saturated heterocycles. The molecule has 1 amide bonds. The fourth-order valence-electron chi connectivity index (χ4n) is 4.07. The molecule has 0 bridgehead atoms. The Morgan fingerprint density at radius 3 is 2.32 bits per heavy atom. The summed E-state index contributed by atoms with van der Waals surface area (Å²) in [5, 5.41) is 12.9. The van der Waals surface area contributed by atoms with E-state index in [-0.39, 0.29) is 16.8 Å². The van der Waals surface area contributed by atoms with Crippen molar-refractivity contribution in [2.75, 3.05) is 12.4 Å². The third kappa shape index (κ3) is 6.10. The number of carboxylic acid groups (broad SMARTS) is 1. The van der Waals surface area contributed by atoms with Crippen LogP contribution in [-0.2, 0) is 11.0 Å². The average molecular weight is 551 g/mol. The van der Waals surface area contributed by atoms with Gasteiger partial charge < -0.3 is 15.3 Å². The van der Waals surface area contributed by atoms with Crippen molar-refractivity contribution in [2.45, 2.75) is 45.5 Å². The van der Waals surface area contributed by atoms with E-state index in [1.165, 1.54) is 31.2 Å². The molecule has 0 radical (unpaired) electrons. The molecule has 10 heteroatoms. The van der Waals surface area contributed by atoms with Gasteiger partial charge in [0.2, 0.25) is 0 Å². The molecule has 0 spiro atoms. The monoisotopic (exact) mass is 550 g/mol. The van der Waals surface area contributed by atoms with Gasteiger partial charge in [-0.25, -0.2) is 9.18 Å². The molecule has 2 N–H and O–H groups in total. The van der Waals surface area contributed by atoms with E-state index in [0.29, 0.717) is 23.1 Å². The van der Waals surface area contributed by atoms with Crippen LogP contribution < -0.4 is 5.32 Å². The summed E-state index contributed by atoms with van der Waals surface area (Å²) in [7, 11) is 1.12. The van der Waals surface area contributed by atoms with E-state index in [2.05, 4.69) is 5.32 Å². The number of amides is 1. The lowest BCUT2D eigenvalue weighted by atomic mass is 9.94. The predicted octanol–water partition coefficient (Wildman–Crippen LogP) is 7.58. The maximum atomic E-state index is 14.6. The third-order valence-electron chi connectivity index (χ3n) is 6.42. The molecule has 3 aromatic rings. The van der Waals surface area contributed by atoms with E-state index in [9.17, 15) is 32.3 Å². The quantitative estimate of drug-likeness (QED) is 0.284. The van der Waals surface area contributed by atoms with Crippen LogP contribution in [0.3, 0.4) is 0 Å². The molecule has 3 rings (SSSR count). The van der Waals surface area contributed by atoms with Gasteiger partial charge in [-0.15, -0.1) is 0 Å². The lowest BCUT2D eigenvalue weighted by Crippen LogP contribution is -2.41. The van der Waals surface area contributed by atoms with Gasteiger partial charge in [0.1, 0.15) is 11.9 Å². The predicted molar refractivity (Wildman–Crippen MR) is 139 cm³/mol. The van der Waals surface area contributed by atoms with Crippen molar-refractivity contribution in [3.8, 4) is 11.1 Å². The molecule has 0 saturated carbocycles. The summed E-state index contributed by atoms with van der Waals surface area (Å²) in [6.45, 7) is 4.79. The maximum Gasteiger partial charge on any atom is 0.417 e. The Morgan fingerprint density at radius 1 is 1.11 bits per heavy atom. The molecule has 0 fully saturated rings. The molecular formula is C28H27ClF4N2O3. The van der Waals surface area contributed by atoms with Crippen molar-refractivity contribution in [1.82, 2.24) is 4.90 Å². The molecule has 0 aliphatic carbocycles. The topological polar surface area (TPSA) is 69.6 Å². The first-order valence-corrected chi connectivity index (χ1v) is 12.2. The molecule has 38 heavy (non-hydrogen) atoms. The Balaban J connectivity index is 2.30. The summed E-state index contributed by atoms with van der Waals surface area (Å²) in [5.74, 6) is -3.26. The van der Waals surface area contributed by atoms with Crippen LogP contribution in [0.15, 0.2) is 54.6 Å². The number of anilines is 1. The van der Waals surface area contributed by atoms with E-state index < -0.39 is 47.1 Å². The SMILES string of the molecule is CCC(Nc1cc(-c2ccccc2F)cc(C(F)(F)F)c1C(=O)N(C)C(C)C(=O)O)c1ccc(Cl)c(C)c1. The fourth-order valence-corrected chi connectivity index (χ4v) is 4.19. The normalized spacial score (nSPS) is 13.1. The van der Waals surface area contributed by atoms with Gasteiger partial charge in [0, 0.05) is 23.3 Å². The Kier molecular flexibility index (Phi) is 8.72. The lowest BCUT2D eigenvalue weighted by Gasteiger charge is -2.28. The highest BCUT2D eigenvalue weighted by Crippen LogP contribution is 2.41.